The molecule has 2 N–H and O–H groups in total. The fraction of sp³-hybridized carbons (Fsp3) is 0.250. The molecule has 0 radical (unpaired) electrons. The van der Waals surface area contributed by atoms with Crippen LogP contribution in [-0.2, 0) is 20.9 Å². The number of benzene rings is 1. The van der Waals surface area contributed by atoms with E-state index in [2.05, 4.69) is 15.7 Å². The normalized spacial score (nSPS) is 11.8. The van der Waals surface area contributed by atoms with Crippen LogP contribution < -0.4 is 10.6 Å². The van der Waals surface area contributed by atoms with Gasteiger partial charge in [-0.1, -0.05) is 24.3 Å². The van der Waals surface area contributed by atoms with Gasteiger partial charge in [-0.25, -0.2) is 0 Å². The SMILES string of the molecule is CO[C@@H](CNC(=O)Cn1cc(NC(=O)CSc2ccccc2)cn1)c1cccs1. The summed E-state index contributed by atoms with van der Waals surface area (Å²) in [6, 6.07) is 13.7. The molecule has 0 saturated carbocycles. The lowest BCUT2D eigenvalue weighted by Gasteiger charge is -2.14. The Hall–Kier alpha value is -2.62. The highest BCUT2D eigenvalue weighted by Crippen LogP contribution is 2.21. The summed E-state index contributed by atoms with van der Waals surface area (Å²) in [5, 5.41) is 11.7. The van der Waals surface area contributed by atoms with E-state index in [0.29, 0.717) is 18.0 Å². The van der Waals surface area contributed by atoms with Crippen LogP contribution in [0.4, 0.5) is 5.69 Å². The van der Waals surface area contributed by atoms with E-state index in [-0.39, 0.29) is 24.5 Å². The van der Waals surface area contributed by atoms with Gasteiger partial charge in [0, 0.05) is 29.6 Å². The zero-order valence-electron chi connectivity index (χ0n) is 15.9. The minimum atomic E-state index is -0.177. The zero-order chi connectivity index (χ0) is 20.5. The quantitative estimate of drug-likeness (QED) is 0.483. The lowest BCUT2D eigenvalue weighted by atomic mass is 10.3. The summed E-state index contributed by atoms with van der Waals surface area (Å²) in [5.74, 6) is 0.00234. The van der Waals surface area contributed by atoms with E-state index in [1.165, 1.54) is 22.6 Å². The molecular weight excluding hydrogens is 408 g/mol. The third-order valence-electron chi connectivity index (χ3n) is 3.97. The van der Waals surface area contributed by atoms with Crippen molar-refractivity contribution in [3.8, 4) is 0 Å². The third-order valence-corrected chi connectivity index (χ3v) is 5.94. The second-order valence-corrected chi connectivity index (χ2v) is 8.15. The van der Waals surface area contributed by atoms with Crippen LogP contribution >= 0.6 is 23.1 Å². The monoisotopic (exact) mass is 430 g/mol. The standard InChI is InChI=1S/C20H22N4O3S2/c1-27-17(18-8-5-9-28-18)11-21-19(25)13-24-12-15(10-22-24)23-20(26)14-29-16-6-3-2-4-7-16/h2-10,12,17H,11,13-14H2,1H3,(H,21,25)(H,23,26)/t17-/m0/s1. The Morgan fingerprint density at radius 3 is 2.76 bits per heavy atom. The Balaban J connectivity index is 1.42. The van der Waals surface area contributed by atoms with Crippen LogP contribution in [0.25, 0.3) is 0 Å². The maximum absolute atomic E-state index is 12.2. The van der Waals surface area contributed by atoms with Crippen LogP contribution in [0.5, 0.6) is 0 Å². The van der Waals surface area contributed by atoms with Crippen molar-refractivity contribution in [2.45, 2.75) is 17.5 Å². The van der Waals surface area contributed by atoms with Gasteiger partial charge in [0.15, 0.2) is 0 Å². The van der Waals surface area contributed by atoms with Crippen molar-refractivity contribution in [1.29, 1.82) is 0 Å². The van der Waals surface area contributed by atoms with Crippen LogP contribution in [0.3, 0.4) is 0 Å². The predicted molar refractivity (Wildman–Crippen MR) is 115 cm³/mol. The van der Waals surface area contributed by atoms with Crippen molar-refractivity contribution in [3.05, 3.63) is 65.1 Å². The minimum Gasteiger partial charge on any atom is -0.374 e. The number of anilines is 1. The van der Waals surface area contributed by atoms with E-state index in [9.17, 15) is 9.59 Å². The lowest BCUT2D eigenvalue weighted by molar-refractivity contribution is -0.122. The second kappa shape index (κ2) is 10.8. The highest BCUT2D eigenvalue weighted by molar-refractivity contribution is 8.00. The number of ether oxygens (including phenoxy) is 1. The molecule has 1 atom stereocenters. The first kappa shape index (κ1) is 21.1. The number of methoxy groups -OCH3 is 1. The summed E-state index contributed by atoms with van der Waals surface area (Å²) in [5.41, 5.74) is 0.560. The van der Waals surface area contributed by atoms with Gasteiger partial charge < -0.3 is 15.4 Å². The lowest BCUT2D eigenvalue weighted by Crippen LogP contribution is -2.31. The number of thioether (sulfide) groups is 1. The average Bonchev–Trinajstić information content (AvgIpc) is 3.40. The summed E-state index contributed by atoms with van der Waals surface area (Å²) in [6.07, 6.45) is 2.99. The zero-order valence-corrected chi connectivity index (χ0v) is 17.5. The Labute approximate surface area is 177 Å². The van der Waals surface area contributed by atoms with Crippen molar-refractivity contribution < 1.29 is 14.3 Å². The first-order valence-corrected chi connectivity index (χ1v) is 10.8. The van der Waals surface area contributed by atoms with Crippen molar-refractivity contribution in [2.75, 3.05) is 24.7 Å². The van der Waals surface area contributed by atoms with E-state index in [4.69, 9.17) is 4.74 Å². The number of amides is 2. The number of hydrogen-bond acceptors (Lipinski definition) is 6. The van der Waals surface area contributed by atoms with Gasteiger partial charge >= 0.3 is 0 Å². The predicted octanol–water partition coefficient (Wildman–Crippen LogP) is 3.18. The van der Waals surface area contributed by atoms with E-state index < -0.39 is 0 Å². The fourth-order valence-corrected chi connectivity index (χ4v) is 4.08. The van der Waals surface area contributed by atoms with Crippen LogP contribution in [0.2, 0.25) is 0 Å². The number of thiophene rings is 1. The molecule has 0 bridgehead atoms. The van der Waals surface area contributed by atoms with E-state index in [1.54, 1.807) is 24.6 Å². The molecule has 2 heterocycles. The summed E-state index contributed by atoms with van der Waals surface area (Å²) < 4.78 is 6.91. The van der Waals surface area contributed by atoms with Crippen molar-refractivity contribution >= 4 is 40.6 Å². The molecule has 0 saturated heterocycles. The van der Waals surface area contributed by atoms with Gasteiger partial charge in [0.2, 0.25) is 11.8 Å². The smallest absolute Gasteiger partial charge is 0.241 e. The molecule has 1 aromatic carbocycles. The molecule has 2 amide bonds. The molecule has 0 unspecified atom stereocenters. The maximum atomic E-state index is 12.2. The highest BCUT2D eigenvalue weighted by Gasteiger charge is 2.14. The van der Waals surface area contributed by atoms with Crippen molar-refractivity contribution in [2.24, 2.45) is 0 Å². The van der Waals surface area contributed by atoms with Gasteiger partial charge in [-0.3, -0.25) is 14.3 Å². The molecule has 0 aliphatic rings. The molecule has 29 heavy (non-hydrogen) atoms. The molecule has 0 fully saturated rings. The topological polar surface area (TPSA) is 85.2 Å². The maximum Gasteiger partial charge on any atom is 0.241 e. The van der Waals surface area contributed by atoms with Crippen molar-refractivity contribution in [3.63, 3.8) is 0 Å². The minimum absolute atomic E-state index is 0.0650. The van der Waals surface area contributed by atoms with Gasteiger partial charge in [0.05, 0.1) is 17.6 Å². The number of carbonyl (C=O) groups is 2. The largest absolute Gasteiger partial charge is 0.374 e. The Morgan fingerprint density at radius 2 is 2.03 bits per heavy atom. The van der Waals surface area contributed by atoms with Gasteiger partial charge in [-0.2, -0.15) is 5.10 Å². The molecule has 9 heteroatoms. The molecule has 7 nitrogen and oxygen atoms in total. The van der Waals surface area contributed by atoms with Crippen molar-refractivity contribution in [1.82, 2.24) is 15.1 Å². The molecule has 0 spiro atoms. The number of hydrogen-bond donors (Lipinski definition) is 2. The summed E-state index contributed by atoms with van der Waals surface area (Å²) in [4.78, 5) is 26.4. The number of nitrogens with one attached hydrogen (secondary N) is 2. The highest BCUT2D eigenvalue weighted by atomic mass is 32.2. The van der Waals surface area contributed by atoms with Gasteiger partial charge in [-0.05, 0) is 23.6 Å². The number of nitrogens with zero attached hydrogens (tertiary/aromatic N) is 2. The molecule has 0 aliphatic carbocycles. The second-order valence-electron chi connectivity index (χ2n) is 6.12. The summed E-state index contributed by atoms with van der Waals surface area (Å²) in [7, 11) is 1.62. The van der Waals surface area contributed by atoms with Crippen LogP contribution in [0, 0.1) is 0 Å². The summed E-state index contributed by atoms with van der Waals surface area (Å²) >= 11 is 3.05. The fourth-order valence-electron chi connectivity index (χ4n) is 2.56. The average molecular weight is 431 g/mol. The van der Waals surface area contributed by atoms with E-state index >= 15 is 0 Å². The number of rotatable bonds is 10. The molecule has 3 rings (SSSR count). The molecular formula is C20H22N4O3S2. The first-order valence-electron chi connectivity index (χ1n) is 8.97. The molecule has 2 aromatic heterocycles. The van der Waals surface area contributed by atoms with Gasteiger partial charge in [-0.15, -0.1) is 23.1 Å². The Morgan fingerprint density at radius 1 is 1.21 bits per heavy atom. The number of carbonyl (C=O) groups excluding carboxylic acids is 2. The third kappa shape index (κ3) is 6.74. The van der Waals surface area contributed by atoms with E-state index in [1.807, 2.05) is 47.8 Å². The van der Waals surface area contributed by atoms with E-state index in [0.717, 1.165) is 9.77 Å². The summed E-state index contributed by atoms with van der Waals surface area (Å²) in [6.45, 7) is 0.451. The van der Waals surface area contributed by atoms with Gasteiger partial charge in [0.1, 0.15) is 12.6 Å². The molecule has 3 aromatic rings. The van der Waals surface area contributed by atoms with Crippen LogP contribution in [0.1, 0.15) is 11.0 Å². The van der Waals surface area contributed by atoms with Crippen LogP contribution in [0.15, 0.2) is 65.1 Å². The molecule has 0 aliphatic heterocycles. The Bertz CT molecular complexity index is 913. The Kier molecular flexibility index (Phi) is 7.85. The molecule has 152 valence electrons. The number of aromatic nitrogens is 2. The van der Waals surface area contributed by atoms with Gasteiger partial charge in [0.25, 0.3) is 0 Å². The van der Waals surface area contributed by atoms with Crippen LogP contribution in [-0.4, -0.2) is 41.0 Å². The first-order chi connectivity index (χ1) is 14.1.